The minimum absolute atomic E-state index is 0.248. The lowest BCUT2D eigenvalue weighted by Crippen LogP contribution is -2.35. The van der Waals surface area contributed by atoms with Gasteiger partial charge in [0.15, 0.2) is 0 Å². The number of nitrogens with one attached hydrogen (secondary N) is 1. The van der Waals surface area contributed by atoms with Gasteiger partial charge in [-0.3, -0.25) is 4.79 Å². The number of carbonyl (C=O) groups excluding carboxylic acids is 1. The highest BCUT2D eigenvalue weighted by atomic mass is 32.2. The van der Waals surface area contributed by atoms with Crippen molar-refractivity contribution in [3.05, 3.63) is 58.1 Å². The molecule has 0 bridgehead atoms. The molecule has 2 aromatic carbocycles. The molecule has 0 aliphatic heterocycles. The topological polar surface area (TPSA) is 66.5 Å². The van der Waals surface area contributed by atoms with E-state index >= 15 is 0 Å². The van der Waals surface area contributed by atoms with Crippen molar-refractivity contribution < 1.29 is 13.2 Å². The summed E-state index contributed by atoms with van der Waals surface area (Å²) in [5, 5.41) is 2.79. The van der Waals surface area contributed by atoms with E-state index in [1.165, 1.54) is 7.05 Å². The number of likely N-dealkylation sites (N-methyl/N-ethyl adjacent to an activating group) is 1. The molecule has 0 radical (unpaired) electrons. The van der Waals surface area contributed by atoms with Crippen LogP contribution in [-0.2, 0) is 14.8 Å². The van der Waals surface area contributed by atoms with Crippen molar-refractivity contribution >= 4 is 21.6 Å². The molecule has 1 amide bonds. The van der Waals surface area contributed by atoms with Crippen LogP contribution in [0, 0.1) is 34.6 Å². The van der Waals surface area contributed by atoms with Gasteiger partial charge < -0.3 is 5.32 Å². The first kappa shape index (κ1) is 20.1. The first-order chi connectivity index (χ1) is 12.0. The zero-order valence-corrected chi connectivity index (χ0v) is 17.0. The molecule has 0 aliphatic carbocycles. The van der Waals surface area contributed by atoms with Crippen molar-refractivity contribution in [1.29, 1.82) is 0 Å². The summed E-state index contributed by atoms with van der Waals surface area (Å²) in [4.78, 5) is 12.6. The minimum atomic E-state index is -3.75. The quantitative estimate of drug-likeness (QED) is 0.871. The van der Waals surface area contributed by atoms with E-state index in [0.717, 1.165) is 21.0 Å². The number of nitrogens with zero attached hydrogens (tertiary/aromatic N) is 1. The molecule has 0 spiro atoms. The highest BCUT2D eigenvalue weighted by molar-refractivity contribution is 7.89. The number of sulfonamides is 1. The SMILES string of the molecule is Cc1ccc(NC(=O)CN(C)S(=O)(=O)c2c(C)cc(C)cc2C)c(C)c1. The molecule has 1 N–H and O–H groups in total. The molecule has 2 aromatic rings. The molecule has 0 saturated carbocycles. The fraction of sp³-hybridized carbons (Fsp3) is 0.350. The Morgan fingerprint density at radius 3 is 2.00 bits per heavy atom. The van der Waals surface area contributed by atoms with Crippen LogP contribution < -0.4 is 5.32 Å². The van der Waals surface area contributed by atoms with E-state index in [1.807, 2.05) is 51.1 Å². The van der Waals surface area contributed by atoms with Crippen LogP contribution in [0.2, 0.25) is 0 Å². The number of amides is 1. The smallest absolute Gasteiger partial charge is 0.243 e. The normalized spacial score (nSPS) is 11.7. The fourth-order valence-electron chi connectivity index (χ4n) is 3.16. The summed E-state index contributed by atoms with van der Waals surface area (Å²) >= 11 is 0. The molecule has 0 atom stereocenters. The molecule has 5 nitrogen and oxygen atoms in total. The molecule has 0 aliphatic rings. The molecular formula is C20H26N2O3S. The molecule has 0 unspecified atom stereocenters. The summed E-state index contributed by atoms with van der Waals surface area (Å²) in [6.45, 7) is 9.11. The number of hydrogen-bond acceptors (Lipinski definition) is 3. The second kappa shape index (κ2) is 7.60. The number of carbonyl (C=O) groups is 1. The number of aryl methyl sites for hydroxylation is 5. The summed E-state index contributed by atoms with van der Waals surface area (Å²) in [5.41, 5.74) is 5.11. The Morgan fingerprint density at radius 2 is 1.46 bits per heavy atom. The Labute approximate surface area is 156 Å². The second-order valence-electron chi connectivity index (χ2n) is 6.86. The van der Waals surface area contributed by atoms with Crippen molar-refractivity contribution in [2.75, 3.05) is 18.9 Å². The van der Waals surface area contributed by atoms with Crippen LogP contribution in [0.3, 0.4) is 0 Å². The summed E-state index contributed by atoms with van der Waals surface area (Å²) in [5.74, 6) is -0.370. The Morgan fingerprint density at radius 1 is 0.923 bits per heavy atom. The average Bonchev–Trinajstić information content (AvgIpc) is 2.48. The standard InChI is InChI=1S/C20H26N2O3S/c1-13-7-8-18(15(3)9-13)21-19(23)12-22(6)26(24,25)20-16(4)10-14(2)11-17(20)5/h7-11H,12H2,1-6H3,(H,21,23). The van der Waals surface area contributed by atoms with Gasteiger partial charge in [-0.15, -0.1) is 0 Å². The van der Waals surface area contributed by atoms with Crippen LogP contribution in [0.25, 0.3) is 0 Å². The van der Waals surface area contributed by atoms with E-state index in [4.69, 9.17) is 0 Å². The summed E-state index contributed by atoms with van der Waals surface area (Å²) in [6, 6.07) is 9.37. The predicted octanol–water partition coefficient (Wildman–Crippen LogP) is 3.49. The zero-order valence-electron chi connectivity index (χ0n) is 16.2. The largest absolute Gasteiger partial charge is 0.325 e. The minimum Gasteiger partial charge on any atom is -0.325 e. The molecular weight excluding hydrogens is 348 g/mol. The molecule has 140 valence electrons. The summed E-state index contributed by atoms with van der Waals surface area (Å²) in [6.07, 6.45) is 0. The fourth-order valence-corrected chi connectivity index (χ4v) is 4.69. The molecule has 26 heavy (non-hydrogen) atoms. The maximum Gasteiger partial charge on any atom is 0.243 e. The van der Waals surface area contributed by atoms with Gasteiger partial charge >= 0.3 is 0 Å². The lowest BCUT2D eigenvalue weighted by molar-refractivity contribution is -0.116. The van der Waals surface area contributed by atoms with Gasteiger partial charge in [-0.2, -0.15) is 4.31 Å². The first-order valence-corrected chi connectivity index (χ1v) is 9.87. The highest BCUT2D eigenvalue weighted by Gasteiger charge is 2.26. The maximum atomic E-state index is 12.9. The Balaban J connectivity index is 2.20. The second-order valence-corrected chi connectivity index (χ2v) is 8.84. The number of rotatable bonds is 5. The lowest BCUT2D eigenvalue weighted by Gasteiger charge is -2.20. The van der Waals surface area contributed by atoms with E-state index < -0.39 is 10.0 Å². The van der Waals surface area contributed by atoms with Gasteiger partial charge in [-0.25, -0.2) is 8.42 Å². The van der Waals surface area contributed by atoms with Gasteiger partial charge in [0.1, 0.15) is 0 Å². The van der Waals surface area contributed by atoms with Crippen LogP contribution in [0.15, 0.2) is 35.2 Å². The third-order valence-corrected chi connectivity index (χ3v) is 6.40. The van der Waals surface area contributed by atoms with Crippen molar-refractivity contribution in [2.45, 2.75) is 39.5 Å². The van der Waals surface area contributed by atoms with E-state index in [9.17, 15) is 13.2 Å². The third kappa shape index (κ3) is 4.31. The van der Waals surface area contributed by atoms with Crippen LogP contribution >= 0.6 is 0 Å². The summed E-state index contributed by atoms with van der Waals surface area (Å²) < 4.78 is 27.0. The molecule has 0 heterocycles. The summed E-state index contributed by atoms with van der Waals surface area (Å²) in [7, 11) is -2.32. The van der Waals surface area contributed by atoms with E-state index in [2.05, 4.69) is 5.32 Å². The van der Waals surface area contributed by atoms with Crippen LogP contribution in [0.4, 0.5) is 5.69 Å². The van der Waals surface area contributed by atoms with E-state index in [-0.39, 0.29) is 17.3 Å². The van der Waals surface area contributed by atoms with Crippen molar-refractivity contribution in [1.82, 2.24) is 4.31 Å². The van der Waals surface area contributed by atoms with Crippen LogP contribution in [-0.4, -0.2) is 32.2 Å². The van der Waals surface area contributed by atoms with Gasteiger partial charge in [0.05, 0.1) is 11.4 Å². The lowest BCUT2D eigenvalue weighted by atomic mass is 10.1. The van der Waals surface area contributed by atoms with Crippen LogP contribution in [0.1, 0.15) is 27.8 Å². The van der Waals surface area contributed by atoms with E-state index in [0.29, 0.717) is 16.8 Å². The Kier molecular flexibility index (Phi) is 5.88. The van der Waals surface area contributed by atoms with E-state index in [1.54, 1.807) is 13.8 Å². The Bertz CT molecular complexity index is 927. The molecule has 0 fully saturated rings. The Hall–Kier alpha value is -2.18. The van der Waals surface area contributed by atoms with Crippen LogP contribution in [0.5, 0.6) is 0 Å². The predicted molar refractivity (Wildman–Crippen MR) is 105 cm³/mol. The average molecular weight is 375 g/mol. The number of anilines is 1. The highest BCUT2D eigenvalue weighted by Crippen LogP contribution is 2.24. The van der Waals surface area contributed by atoms with Crippen molar-refractivity contribution in [2.24, 2.45) is 0 Å². The van der Waals surface area contributed by atoms with Gasteiger partial charge in [0.2, 0.25) is 15.9 Å². The van der Waals surface area contributed by atoms with Gasteiger partial charge in [0.25, 0.3) is 0 Å². The van der Waals surface area contributed by atoms with Gasteiger partial charge in [0, 0.05) is 12.7 Å². The number of benzene rings is 2. The van der Waals surface area contributed by atoms with Crippen molar-refractivity contribution in [3.8, 4) is 0 Å². The third-order valence-electron chi connectivity index (χ3n) is 4.30. The molecule has 0 saturated heterocycles. The van der Waals surface area contributed by atoms with Gasteiger partial charge in [-0.1, -0.05) is 35.4 Å². The zero-order chi connectivity index (χ0) is 19.6. The first-order valence-electron chi connectivity index (χ1n) is 8.43. The maximum absolute atomic E-state index is 12.9. The monoisotopic (exact) mass is 374 g/mol. The number of hydrogen-bond donors (Lipinski definition) is 1. The van der Waals surface area contributed by atoms with Gasteiger partial charge in [-0.05, 0) is 57.4 Å². The molecule has 6 heteroatoms. The molecule has 2 rings (SSSR count). The molecule has 0 aromatic heterocycles. The van der Waals surface area contributed by atoms with Crippen molar-refractivity contribution in [3.63, 3.8) is 0 Å².